The lowest BCUT2D eigenvalue weighted by molar-refractivity contribution is -0.129. The summed E-state index contributed by atoms with van der Waals surface area (Å²) in [4.78, 5) is 24.9. The van der Waals surface area contributed by atoms with Gasteiger partial charge in [-0.1, -0.05) is 17.7 Å². The van der Waals surface area contributed by atoms with Crippen molar-refractivity contribution in [2.45, 2.75) is 26.5 Å². The molecule has 1 amide bonds. The van der Waals surface area contributed by atoms with E-state index in [0.717, 1.165) is 10.4 Å². The molecule has 1 unspecified atom stereocenters. The monoisotopic (exact) mass is 319 g/mol. The van der Waals surface area contributed by atoms with Crippen LogP contribution in [0.3, 0.4) is 0 Å². The van der Waals surface area contributed by atoms with Gasteiger partial charge in [0.15, 0.2) is 6.10 Å². The minimum Gasteiger partial charge on any atom is -0.507 e. The van der Waals surface area contributed by atoms with Crippen molar-refractivity contribution in [1.29, 1.82) is 0 Å². The van der Waals surface area contributed by atoms with Gasteiger partial charge in [-0.2, -0.15) is 0 Å². The van der Waals surface area contributed by atoms with Crippen molar-refractivity contribution in [2.24, 2.45) is 0 Å². The zero-order valence-corrected chi connectivity index (χ0v) is 13.1. The smallest absolute Gasteiger partial charge is 0.342 e. The predicted molar refractivity (Wildman–Crippen MR) is 83.9 cm³/mol. The van der Waals surface area contributed by atoms with Crippen molar-refractivity contribution >= 4 is 23.2 Å². The van der Waals surface area contributed by atoms with E-state index in [9.17, 15) is 14.7 Å². The van der Waals surface area contributed by atoms with E-state index in [2.05, 4.69) is 5.32 Å². The first kappa shape index (κ1) is 16.0. The molecule has 0 aliphatic heterocycles. The quantitative estimate of drug-likeness (QED) is 0.831. The molecule has 1 heterocycles. The first-order chi connectivity index (χ1) is 10.5. The summed E-state index contributed by atoms with van der Waals surface area (Å²) in [6.45, 7) is 3.69. The van der Waals surface area contributed by atoms with Crippen LogP contribution in [0.1, 0.15) is 27.7 Å². The van der Waals surface area contributed by atoms with Crippen LogP contribution in [0.2, 0.25) is 0 Å². The number of hydrogen-bond donors (Lipinski definition) is 2. The number of phenolic OH excluding ortho intramolecular Hbond substituents is 1. The molecule has 0 aliphatic rings. The fraction of sp³-hybridized carbons (Fsp3) is 0.250. The Morgan fingerprint density at radius 1 is 1.36 bits per heavy atom. The van der Waals surface area contributed by atoms with Crippen LogP contribution in [-0.4, -0.2) is 23.1 Å². The van der Waals surface area contributed by atoms with E-state index < -0.39 is 12.1 Å². The summed E-state index contributed by atoms with van der Waals surface area (Å²) >= 11 is 1.54. The van der Waals surface area contributed by atoms with Crippen molar-refractivity contribution in [3.05, 3.63) is 51.7 Å². The van der Waals surface area contributed by atoms with E-state index >= 15 is 0 Å². The lowest BCUT2D eigenvalue weighted by Crippen LogP contribution is -2.35. The Bertz CT molecular complexity index is 667. The molecule has 2 rings (SSSR count). The Kier molecular flexibility index (Phi) is 5.16. The maximum absolute atomic E-state index is 12.0. The molecular formula is C16H17NO4S. The molecule has 0 saturated carbocycles. The van der Waals surface area contributed by atoms with Gasteiger partial charge in [0.25, 0.3) is 5.91 Å². The second-order valence-corrected chi connectivity index (χ2v) is 5.90. The summed E-state index contributed by atoms with van der Waals surface area (Å²) in [5.74, 6) is -1.27. The zero-order valence-electron chi connectivity index (χ0n) is 12.3. The number of ether oxygens (including phenoxy) is 1. The van der Waals surface area contributed by atoms with Crippen molar-refractivity contribution in [2.75, 3.05) is 0 Å². The number of carbonyl (C=O) groups excluding carboxylic acids is 2. The molecule has 0 fully saturated rings. The van der Waals surface area contributed by atoms with E-state index in [1.165, 1.54) is 30.4 Å². The number of hydrogen-bond acceptors (Lipinski definition) is 5. The molecule has 116 valence electrons. The maximum Gasteiger partial charge on any atom is 0.342 e. The van der Waals surface area contributed by atoms with Crippen molar-refractivity contribution in [3.63, 3.8) is 0 Å². The van der Waals surface area contributed by atoms with Gasteiger partial charge >= 0.3 is 5.97 Å². The molecule has 0 saturated heterocycles. The Hall–Kier alpha value is -2.34. The highest BCUT2D eigenvalue weighted by molar-refractivity contribution is 7.09. The predicted octanol–water partition coefficient (Wildman–Crippen LogP) is 2.62. The minimum atomic E-state index is -0.938. The van der Waals surface area contributed by atoms with Gasteiger partial charge in [-0.15, -0.1) is 11.3 Å². The number of carbonyl (C=O) groups is 2. The molecule has 1 aromatic heterocycles. The first-order valence-corrected chi connectivity index (χ1v) is 7.66. The van der Waals surface area contributed by atoms with Crippen molar-refractivity contribution in [3.8, 4) is 5.75 Å². The number of nitrogens with one attached hydrogen (secondary N) is 1. The number of rotatable bonds is 5. The molecule has 2 N–H and O–H groups in total. The number of esters is 1. The van der Waals surface area contributed by atoms with Gasteiger partial charge in [-0.3, -0.25) is 4.79 Å². The molecule has 5 nitrogen and oxygen atoms in total. The normalized spacial score (nSPS) is 11.7. The third kappa shape index (κ3) is 4.08. The maximum atomic E-state index is 12.0. The van der Waals surface area contributed by atoms with Gasteiger partial charge in [-0.25, -0.2) is 4.79 Å². The van der Waals surface area contributed by atoms with E-state index in [-0.39, 0.29) is 17.2 Å². The molecule has 0 radical (unpaired) electrons. The third-order valence-corrected chi connectivity index (χ3v) is 3.92. The summed E-state index contributed by atoms with van der Waals surface area (Å²) < 4.78 is 5.10. The second-order valence-electron chi connectivity index (χ2n) is 4.87. The van der Waals surface area contributed by atoms with Crippen molar-refractivity contribution in [1.82, 2.24) is 5.32 Å². The average molecular weight is 319 g/mol. The van der Waals surface area contributed by atoms with Crippen LogP contribution in [0.15, 0.2) is 35.7 Å². The van der Waals surface area contributed by atoms with Gasteiger partial charge in [0.2, 0.25) is 0 Å². The number of thiophene rings is 1. The van der Waals surface area contributed by atoms with Crippen LogP contribution in [0.25, 0.3) is 0 Å². The van der Waals surface area contributed by atoms with E-state index in [1.807, 2.05) is 17.5 Å². The van der Waals surface area contributed by atoms with Gasteiger partial charge in [0.05, 0.1) is 6.54 Å². The summed E-state index contributed by atoms with van der Waals surface area (Å²) in [7, 11) is 0. The summed E-state index contributed by atoms with van der Waals surface area (Å²) in [6.07, 6.45) is -0.938. The Balaban J connectivity index is 1.92. The van der Waals surface area contributed by atoms with Crippen LogP contribution < -0.4 is 5.32 Å². The lowest BCUT2D eigenvalue weighted by atomic mass is 10.1. The SMILES string of the molecule is Cc1ccc(O)c(C(=O)OC(C)C(=O)NCc2cccs2)c1. The van der Waals surface area contributed by atoms with E-state index in [0.29, 0.717) is 6.54 Å². The molecule has 1 atom stereocenters. The minimum absolute atomic E-state index is 0.0536. The van der Waals surface area contributed by atoms with Crippen LogP contribution in [0.5, 0.6) is 5.75 Å². The Labute approximate surface area is 132 Å². The number of aryl methyl sites for hydroxylation is 1. The molecule has 1 aromatic carbocycles. The van der Waals surface area contributed by atoms with Crippen molar-refractivity contribution < 1.29 is 19.4 Å². The highest BCUT2D eigenvalue weighted by Gasteiger charge is 2.20. The highest BCUT2D eigenvalue weighted by Crippen LogP contribution is 2.19. The molecule has 22 heavy (non-hydrogen) atoms. The van der Waals surface area contributed by atoms with Crippen LogP contribution in [-0.2, 0) is 16.1 Å². The van der Waals surface area contributed by atoms with Gasteiger partial charge in [0.1, 0.15) is 11.3 Å². The molecule has 0 aliphatic carbocycles. The lowest BCUT2D eigenvalue weighted by Gasteiger charge is -2.14. The fourth-order valence-corrected chi connectivity index (χ4v) is 2.47. The van der Waals surface area contributed by atoms with Gasteiger partial charge in [0, 0.05) is 4.88 Å². The fourth-order valence-electron chi connectivity index (χ4n) is 1.82. The highest BCUT2D eigenvalue weighted by atomic mass is 32.1. The Morgan fingerprint density at radius 3 is 2.82 bits per heavy atom. The molecular weight excluding hydrogens is 302 g/mol. The van der Waals surface area contributed by atoms with Crippen LogP contribution in [0.4, 0.5) is 0 Å². The number of aromatic hydroxyl groups is 1. The van der Waals surface area contributed by atoms with Crippen LogP contribution >= 0.6 is 11.3 Å². The molecule has 0 spiro atoms. The zero-order chi connectivity index (χ0) is 16.1. The average Bonchev–Trinajstić information content (AvgIpc) is 3.00. The summed E-state index contributed by atoms with van der Waals surface area (Å²) in [5.41, 5.74) is 0.873. The first-order valence-electron chi connectivity index (χ1n) is 6.78. The standard InChI is InChI=1S/C16H17NO4S/c1-10-5-6-14(18)13(8-10)16(20)21-11(2)15(19)17-9-12-4-3-7-22-12/h3-8,11,18H,9H2,1-2H3,(H,17,19). The van der Waals surface area contributed by atoms with Gasteiger partial charge in [-0.05, 0) is 37.4 Å². The van der Waals surface area contributed by atoms with Gasteiger partial charge < -0.3 is 15.2 Å². The topological polar surface area (TPSA) is 75.6 Å². The number of amides is 1. The second kappa shape index (κ2) is 7.09. The molecule has 6 heteroatoms. The van der Waals surface area contributed by atoms with E-state index in [4.69, 9.17) is 4.74 Å². The van der Waals surface area contributed by atoms with Crippen LogP contribution in [0, 0.1) is 6.92 Å². The number of phenols is 1. The third-order valence-electron chi connectivity index (χ3n) is 3.04. The largest absolute Gasteiger partial charge is 0.507 e. The summed E-state index contributed by atoms with van der Waals surface area (Å²) in [6, 6.07) is 8.44. The number of benzene rings is 1. The van der Waals surface area contributed by atoms with E-state index in [1.54, 1.807) is 13.0 Å². The molecule has 0 bridgehead atoms. The summed E-state index contributed by atoms with van der Waals surface area (Å²) in [5, 5.41) is 14.3. The molecule has 2 aromatic rings. The Morgan fingerprint density at radius 2 is 2.14 bits per heavy atom.